The van der Waals surface area contributed by atoms with Crippen molar-refractivity contribution in [2.45, 2.75) is 31.8 Å². The van der Waals surface area contributed by atoms with Crippen molar-refractivity contribution in [3.05, 3.63) is 32.6 Å². The highest BCUT2D eigenvalue weighted by molar-refractivity contribution is 8.06. The van der Waals surface area contributed by atoms with Crippen molar-refractivity contribution in [2.24, 2.45) is 0 Å². The molecule has 21 heavy (non-hydrogen) atoms. The van der Waals surface area contributed by atoms with E-state index in [0.29, 0.717) is 5.56 Å². The summed E-state index contributed by atoms with van der Waals surface area (Å²) in [5.41, 5.74) is -0.878. The van der Waals surface area contributed by atoms with Gasteiger partial charge in [-0.2, -0.15) is 4.20 Å². The van der Waals surface area contributed by atoms with E-state index < -0.39 is 43.1 Å². The van der Waals surface area contributed by atoms with Gasteiger partial charge in [-0.1, -0.05) is 0 Å². The van der Waals surface area contributed by atoms with Crippen molar-refractivity contribution >= 4 is 18.6 Å². The summed E-state index contributed by atoms with van der Waals surface area (Å²) in [6.45, 7) is -3.25. The molecule has 118 valence electrons. The third kappa shape index (κ3) is 4.06. The lowest BCUT2D eigenvalue weighted by molar-refractivity contribution is -0.0419. The van der Waals surface area contributed by atoms with E-state index >= 15 is 0 Å². The van der Waals surface area contributed by atoms with Gasteiger partial charge in [0.15, 0.2) is 0 Å². The van der Waals surface area contributed by atoms with E-state index in [1.54, 1.807) is 0 Å². The molecule has 1 aliphatic rings. The Morgan fingerprint density at radius 1 is 1.67 bits per heavy atom. The molecule has 1 aromatic heterocycles. The molecule has 0 bridgehead atoms. The molecule has 2 rings (SSSR count). The standard InChI is InChI=1S/C10H14FN2O6PS/c1-5-3-13(10(16)12-9(5)15)8-2-6(14)7(19-8)4-18-20(11,17)21/h3,6-8,14H,2,4H2,1H3,(H,17,21)(H,12,15,16)/t6-,7+,8+,20?/m0/s1. The molecule has 4 atom stereocenters. The van der Waals surface area contributed by atoms with E-state index in [1.165, 1.54) is 13.1 Å². The van der Waals surface area contributed by atoms with Crippen LogP contribution in [0, 0.1) is 6.92 Å². The van der Waals surface area contributed by atoms with E-state index in [2.05, 4.69) is 21.3 Å². The minimum absolute atomic E-state index is 0.0556. The predicted octanol–water partition coefficient (Wildman–Crippen LogP) is -0.304. The number of halogens is 1. The van der Waals surface area contributed by atoms with Crippen LogP contribution in [0.2, 0.25) is 0 Å². The van der Waals surface area contributed by atoms with Gasteiger partial charge in [0, 0.05) is 18.2 Å². The van der Waals surface area contributed by atoms with Crippen molar-refractivity contribution in [1.82, 2.24) is 9.55 Å². The highest BCUT2D eigenvalue weighted by Crippen LogP contribution is 2.44. The van der Waals surface area contributed by atoms with Crippen LogP contribution in [0.5, 0.6) is 0 Å². The molecule has 0 aromatic carbocycles. The molecule has 0 saturated carbocycles. The molecule has 0 aliphatic carbocycles. The number of aliphatic hydroxyl groups excluding tert-OH is 1. The summed E-state index contributed by atoms with van der Waals surface area (Å²) >= 11 is 4.08. The SMILES string of the molecule is Cc1cn([C@H]2C[C@H](O)[C@@H](COP(O)(F)=S)O2)c(=O)[nH]c1=O. The number of ether oxygens (including phenoxy) is 1. The number of aryl methyl sites for hydroxylation is 1. The van der Waals surface area contributed by atoms with Crippen LogP contribution in [-0.2, 0) is 21.1 Å². The number of rotatable bonds is 4. The fourth-order valence-electron chi connectivity index (χ4n) is 2.00. The van der Waals surface area contributed by atoms with Crippen LogP contribution >= 0.6 is 6.80 Å². The molecule has 0 radical (unpaired) electrons. The Labute approximate surface area is 123 Å². The van der Waals surface area contributed by atoms with Crippen LogP contribution in [0.3, 0.4) is 0 Å². The van der Waals surface area contributed by atoms with Crippen LogP contribution in [0.1, 0.15) is 18.2 Å². The highest BCUT2D eigenvalue weighted by Gasteiger charge is 2.36. The third-order valence-electron chi connectivity index (χ3n) is 3.06. The van der Waals surface area contributed by atoms with Gasteiger partial charge in [0.2, 0.25) is 0 Å². The zero-order valence-electron chi connectivity index (χ0n) is 10.9. The maximum Gasteiger partial charge on any atom is 0.363 e. The summed E-state index contributed by atoms with van der Waals surface area (Å²) in [6.07, 6.45) is -1.41. The molecular weight excluding hydrogens is 326 g/mol. The molecule has 0 amide bonds. The Bertz CT molecular complexity index is 685. The van der Waals surface area contributed by atoms with Gasteiger partial charge in [-0.05, 0) is 18.7 Å². The molecule has 1 unspecified atom stereocenters. The van der Waals surface area contributed by atoms with Gasteiger partial charge in [0.05, 0.1) is 12.7 Å². The summed E-state index contributed by atoms with van der Waals surface area (Å²) in [6, 6.07) is 0. The van der Waals surface area contributed by atoms with Gasteiger partial charge >= 0.3 is 12.5 Å². The van der Waals surface area contributed by atoms with Gasteiger partial charge in [-0.25, -0.2) is 4.79 Å². The highest BCUT2D eigenvalue weighted by atomic mass is 32.5. The quantitative estimate of drug-likeness (QED) is 0.645. The van der Waals surface area contributed by atoms with Crippen molar-refractivity contribution in [3.63, 3.8) is 0 Å². The Morgan fingerprint density at radius 2 is 2.33 bits per heavy atom. The summed E-state index contributed by atoms with van der Waals surface area (Å²) in [4.78, 5) is 33.9. The molecule has 1 fully saturated rings. The molecule has 11 heteroatoms. The molecule has 1 aliphatic heterocycles. The molecule has 1 aromatic rings. The van der Waals surface area contributed by atoms with Crippen molar-refractivity contribution in [3.8, 4) is 0 Å². The van der Waals surface area contributed by atoms with Crippen LogP contribution in [0.4, 0.5) is 4.20 Å². The van der Waals surface area contributed by atoms with E-state index in [1.807, 2.05) is 0 Å². The average Bonchev–Trinajstić information content (AvgIpc) is 2.72. The number of nitrogens with one attached hydrogen (secondary N) is 1. The van der Waals surface area contributed by atoms with Gasteiger partial charge in [-0.3, -0.25) is 14.3 Å². The first-order chi connectivity index (χ1) is 9.67. The molecular formula is C10H14FN2O6PS. The lowest BCUT2D eigenvalue weighted by atomic mass is 10.2. The monoisotopic (exact) mass is 340 g/mol. The second-order valence-electron chi connectivity index (χ2n) is 4.66. The minimum Gasteiger partial charge on any atom is -0.390 e. The van der Waals surface area contributed by atoms with Gasteiger partial charge in [0.1, 0.15) is 12.3 Å². The summed E-state index contributed by atoms with van der Waals surface area (Å²) in [5, 5.41) is 9.81. The van der Waals surface area contributed by atoms with Gasteiger partial charge in [0.25, 0.3) is 5.56 Å². The Morgan fingerprint density at radius 3 is 2.95 bits per heavy atom. The van der Waals surface area contributed by atoms with E-state index in [4.69, 9.17) is 9.63 Å². The summed E-state index contributed by atoms with van der Waals surface area (Å²) in [7, 11) is 0. The average molecular weight is 340 g/mol. The second kappa shape index (κ2) is 6.07. The maximum absolute atomic E-state index is 12.8. The number of hydrogen-bond acceptors (Lipinski definition) is 6. The topological polar surface area (TPSA) is 114 Å². The Kier molecular flexibility index (Phi) is 4.76. The second-order valence-corrected chi connectivity index (χ2v) is 7.17. The number of nitrogens with zero attached hydrogens (tertiary/aromatic N) is 1. The van der Waals surface area contributed by atoms with E-state index in [0.717, 1.165) is 4.57 Å². The molecule has 3 N–H and O–H groups in total. The normalized spacial score (nSPS) is 28.5. The smallest absolute Gasteiger partial charge is 0.363 e. The lowest BCUT2D eigenvalue weighted by Crippen LogP contribution is -2.33. The fourth-order valence-corrected chi connectivity index (χ4v) is 2.51. The van der Waals surface area contributed by atoms with Gasteiger partial charge in [-0.15, -0.1) is 0 Å². The van der Waals surface area contributed by atoms with Crippen LogP contribution in [0.25, 0.3) is 0 Å². The third-order valence-corrected chi connectivity index (χ3v) is 3.84. The van der Waals surface area contributed by atoms with Crippen LogP contribution in [0.15, 0.2) is 15.8 Å². The number of aliphatic hydroxyl groups is 1. The van der Waals surface area contributed by atoms with Crippen molar-refractivity contribution in [2.75, 3.05) is 6.61 Å². The number of hydrogen-bond donors (Lipinski definition) is 3. The summed E-state index contributed by atoms with van der Waals surface area (Å²) in [5.74, 6) is 0. The van der Waals surface area contributed by atoms with E-state index in [-0.39, 0.29) is 6.42 Å². The van der Waals surface area contributed by atoms with Crippen LogP contribution in [-0.4, -0.2) is 38.4 Å². The van der Waals surface area contributed by atoms with E-state index in [9.17, 15) is 18.9 Å². The zero-order chi connectivity index (χ0) is 15.8. The van der Waals surface area contributed by atoms with Crippen molar-refractivity contribution in [1.29, 1.82) is 0 Å². The maximum atomic E-state index is 12.8. The first-order valence-electron chi connectivity index (χ1n) is 6.00. The molecule has 0 spiro atoms. The number of aromatic nitrogens is 2. The number of aromatic amines is 1. The Balaban J connectivity index is 2.14. The van der Waals surface area contributed by atoms with Crippen molar-refractivity contribution < 1.29 is 23.5 Å². The molecule has 8 nitrogen and oxygen atoms in total. The fraction of sp³-hybridized carbons (Fsp3) is 0.600. The van der Waals surface area contributed by atoms with Crippen LogP contribution < -0.4 is 11.2 Å². The predicted molar refractivity (Wildman–Crippen MR) is 74.2 cm³/mol. The molecule has 1 saturated heterocycles. The van der Waals surface area contributed by atoms with Gasteiger partial charge < -0.3 is 19.3 Å². The Hall–Kier alpha value is -0.900. The largest absolute Gasteiger partial charge is 0.390 e. The minimum atomic E-state index is -4.33. The number of H-pyrrole nitrogens is 1. The summed E-state index contributed by atoms with van der Waals surface area (Å²) < 4.78 is 23.7. The first kappa shape index (κ1) is 16.5. The first-order valence-corrected chi connectivity index (χ1v) is 8.56. The zero-order valence-corrected chi connectivity index (χ0v) is 12.6. The molecule has 2 heterocycles. The lowest BCUT2D eigenvalue weighted by Gasteiger charge is -2.17.